The van der Waals surface area contributed by atoms with Crippen molar-refractivity contribution in [1.82, 2.24) is 9.80 Å². The van der Waals surface area contributed by atoms with Gasteiger partial charge in [0.05, 0.1) is 6.04 Å². The molecule has 0 saturated heterocycles. The van der Waals surface area contributed by atoms with Gasteiger partial charge in [-0.25, -0.2) is 4.79 Å². The van der Waals surface area contributed by atoms with E-state index in [0.717, 1.165) is 0 Å². The summed E-state index contributed by atoms with van der Waals surface area (Å²) in [5.74, 6) is -0.213. The van der Waals surface area contributed by atoms with Crippen molar-refractivity contribution in [2.75, 3.05) is 13.6 Å². The fourth-order valence-electron chi connectivity index (χ4n) is 3.23. The van der Waals surface area contributed by atoms with Crippen LogP contribution in [0.15, 0.2) is 5.11 Å². The molecule has 1 aliphatic rings. The van der Waals surface area contributed by atoms with Crippen LogP contribution in [0.25, 0.3) is 10.4 Å². The quantitative estimate of drug-likeness (QED) is 0.487. The average molecular weight is 325 g/mol. The first-order valence-electron chi connectivity index (χ1n) is 7.94. The van der Waals surface area contributed by atoms with E-state index in [2.05, 4.69) is 10.0 Å². The SMILES string of the molecule is CCN(C)C(=O)[C@H]1CC[C@H](N=[N+]=[N-])[C@H](N(C(=O)O)C(C)(C)C)C1. The van der Waals surface area contributed by atoms with Crippen LogP contribution in [0.2, 0.25) is 0 Å². The number of hydrogen-bond donors (Lipinski definition) is 1. The Balaban J connectivity index is 3.11. The molecule has 0 unspecified atom stereocenters. The minimum Gasteiger partial charge on any atom is -0.465 e. The lowest BCUT2D eigenvalue weighted by Crippen LogP contribution is -2.57. The van der Waals surface area contributed by atoms with Crippen LogP contribution in [-0.2, 0) is 4.79 Å². The van der Waals surface area contributed by atoms with E-state index in [-0.39, 0.29) is 11.8 Å². The van der Waals surface area contributed by atoms with Gasteiger partial charge in [-0.2, -0.15) is 0 Å². The van der Waals surface area contributed by atoms with Crippen LogP contribution in [-0.4, -0.2) is 58.1 Å². The minimum atomic E-state index is -1.06. The Labute approximate surface area is 137 Å². The molecule has 130 valence electrons. The molecule has 0 heterocycles. The summed E-state index contributed by atoms with van der Waals surface area (Å²) in [4.78, 5) is 30.0. The van der Waals surface area contributed by atoms with Crippen molar-refractivity contribution in [2.24, 2.45) is 11.0 Å². The minimum absolute atomic E-state index is 0.0242. The maximum Gasteiger partial charge on any atom is 0.407 e. The van der Waals surface area contributed by atoms with E-state index in [9.17, 15) is 14.7 Å². The van der Waals surface area contributed by atoms with E-state index in [1.807, 2.05) is 6.92 Å². The van der Waals surface area contributed by atoms with Crippen LogP contribution in [0.1, 0.15) is 47.0 Å². The van der Waals surface area contributed by atoms with Crippen molar-refractivity contribution in [1.29, 1.82) is 0 Å². The largest absolute Gasteiger partial charge is 0.465 e. The molecule has 0 bridgehead atoms. The van der Waals surface area contributed by atoms with Gasteiger partial charge in [-0.15, -0.1) is 0 Å². The zero-order chi connectivity index (χ0) is 17.8. The summed E-state index contributed by atoms with van der Waals surface area (Å²) >= 11 is 0. The van der Waals surface area contributed by atoms with Gasteiger partial charge < -0.3 is 14.9 Å². The van der Waals surface area contributed by atoms with Crippen LogP contribution in [0.5, 0.6) is 0 Å². The zero-order valence-electron chi connectivity index (χ0n) is 14.6. The molecule has 0 radical (unpaired) electrons. The average Bonchev–Trinajstić information content (AvgIpc) is 2.45. The van der Waals surface area contributed by atoms with E-state index >= 15 is 0 Å². The summed E-state index contributed by atoms with van der Waals surface area (Å²) < 4.78 is 0. The van der Waals surface area contributed by atoms with Crippen LogP contribution >= 0.6 is 0 Å². The Kier molecular flexibility index (Phi) is 6.27. The molecule has 3 atom stereocenters. The van der Waals surface area contributed by atoms with Gasteiger partial charge in [-0.3, -0.25) is 4.79 Å². The Morgan fingerprint density at radius 1 is 1.35 bits per heavy atom. The van der Waals surface area contributed by atoms with E-state index in [0.29, 0.717) is 25.8 Å². The Morgan fingerprint density at radius 3 is 2.39 bits per heavy atom. The molecule has 1 saturated carbocycles. The van der Waals surface area contributed by atoms with Crippen molar-refractivity contribution >= 4 is 12.0 Å². The second-order valence-electron chi connectivity index (χ2n) is 7.03. The highest BCUT2D eigenvalue weighted by Gasteiger charge is 2.43. The van der Waals surface area contributed by atoms with E-state index in [1.54, 1.807) is 32.7 Å². The molecule has 1 rings (SSSR count). The van der Waals surface area contributed by atoms with Crippen molar-refractivity contribution in [2.45, 2.75) is 64.6 Å². The Hall–Kier alpha value is -1.95. The number of rotatable bonds is 4. The fraction of sp³-hybridized carbons (Fsp3) is 0.867. The number of amides is 2. The number of carbonyl (C=O) groups excluding carboxylic acids is 1. The van der Waals surface area contributed by atoms with Crippen LogP contribution in [0, 0.1) is 5.92 Å². The van der Waals surface area contributed by atoms with Crippen molar-refractivity contribution < 1.29 is 14.7 Å². The van der Waals surface area contributed by atoms with Crippen molar-refractivity contribution in [3.8, 4) is 0 Å². The predicted octanol–water partition coefficient (Wildman–Crippen LogP) is 3.09. The first-order chi connectivity index (χ1) is 10.6. The van der Waals surface area contributed by atoms with Gasteiger partial charge >= 0.3 is 6.09 Å². The Bertz CT molecular complexity index is 496. The normalized spacial score (nSPS) is 24.5. The van der Waals surface area contributed by atoms with E-state index < -0.39 is 23.7 Å². The summed E-state index contributed by atoms with van der Waals surface area (Å²) in [5.41, 5.74) is 8.14. The third kappa shape index (κ3) is 4.51. The lowest BCUT2D eigenvalue weighted by molar-refractivity contribution is -0.136. The monoisotopic (exact) mass is 325 g/mol. The highest BCUT2D eigenvalue weighted by atomic mass is 16.4. The topological polar surface area (TPSA) is 110 Å². The predicted molar refractivity (Wildman–Crippen MR) is 87.0 cm³/mol. The summed E-state index contributed by atoms with van der Waals surface area (Å²) in [5, 5.41) is 13.4. The first-order valence-corrected chi connectivity index (χ1v) is 7.94. The molecule has 1 fully saturated rings. The Morgan fingerprint density at radius 2 is 1.96 bits per heavy atom. The van der Waals surface area contributed by atoms with Crippen LogP contribution < -0.4 is 0 Å². The third-order valence-electron chi connectivity index (χ3n) is 4.44. The fourth-order valence-corrected chi connectivity index (χ4v) is 3.23. The van der Waals surface area contributed by atoms with Gasteiger partial charge in [0.25, 0.3) is 0 Å². The van der Waals surface area contributed by atoms with Gasteiger partial charge in [0.15, 0.2) is 0 Å². The number of hydrogen-bond acceptors (Lipinski definition) is 3. The summed E-state index contributed by atoms with van der Waals surface area (Å²) in [6, 6.07) is -0.928. The molecular weight excluding hydrogens is 298 g/mol. The molecule has 0 aromatic carbocycles. The number of nitrogens with zero attached hydrogens (tertiary/aromatic N) is 5. The maximum atomic E-state index is 12.4. The maximum absolute atomic E-state index is 12.4. The van der Waals surface area contributed by atoms with Gasteiger partial charge in [0.1, 0.15) is 0 Å². The zero-order valence-corrected chi connectivity index (χ0v) is 14.6. The molecule has 1 N–H and O–H groups in total. The number of carbonyl (C=O) groups is 2. The molecule has 0 spiro atoms. The summed E-state index contributed by atoms with van der Waals surface area (Å²) in [6.07, 6.45) is 0.456. The highest BCUT2D eigenvalue weighted by molar-refractivity contribution is 5.79. The summed E-state index contributed by atoms with van der Waals surface area (Å²) in [7, 11) is 1.75. The van der Waals surface area contributed by atoms with Crippen molar-refractivity contribution in [3.05, 3.63) is 10.4 Å². The molecule has 23 heavy (non-hydrogen) atoms. The number of azide groups is 1. The molecule has 8 heteroatoms. The second-order valence-corrected chi connectivity index (χ2v) is 7.03. The van der Waals surface area contributed by atoms with Gasteiger partial charge in [-0.05, 0) is 52.5 Å². The van der Waals surface area contributed by atoms with E-state index in [1.165, 1.54) is 4.90 Å². The molecular formula is C15H27N5O3. The second kappa shape index (κ2) is 7.55. The standard InChI is InChI=1S/C15H27N5O3/c1-6-19(5)13(21)10-7-8-11(17-18-16)12(9-10)20(14(22)23)15(2,3)4/h10-12H,6-9H2,1-5H3,(H,22,23)/t10-,11-,12+/m0/s1. The van der Waals surface area contributed by atoms with Crippen LogP contribution in [0.3, 0.4) is 0 Å². The van der Waals surface area contributed by atoms with Crippen LogP contribution in [0.4, 0.5) is 4.79 Å². The van der Waals surface area contributed by atoms with Gasteiger partial charge in [-0.1, -0.05) is 5.11 Å². The van der Waals surface area contributed by atoms with Gasteiger partial charge in [0.2, 0.25) is 5.91 Å². The van der Waals surface area contributed by atoms with E-state index in [4.69, 9.17) is 5.53 Å². The summed E-state index contributed by atoms with van der Waals surface area (Å²) in [6.45, 7) is 7.93. The smallest absolute Gasteiger partial charge is 0.407 e. The molecule has 2 amide bonds. The number of carboxylic acid groups (broad SMARTS) is 1. The molecule has 1 aliphatic carbocycles. The lowest BCUT2D eigenvalue weighted by atomic mass is 9.80. The highest BCUT2D eigenvalue weighted by Crippen LogP contribution is 2.34. The van der Waals surface area contributed by atoms with Crippen molar-refractivity contribution in [3.63, 3.8) is 0 Å². The first kappa shape index (κ1) is 19.1. The molecule has 0 aromatic rings. The molecule has 0 aromatic heterocycles. The molecule has 0 aliphatic heterocycles. The lowest BCUT2D eigenvalue weighted by Gasteiger charge is -2.45. The third-order valence-corrected chi connectivity index (χ3v) is 4.44. The van der Waals surface area contributed by atoms with Gasteiger partial charge in [0, 0.05) is 36.0 Å². The molecule has 8 nitrogen and oxygen atoms in total.